The normalized spacial score (nSPS) is 35.9. The van der Waals surface area contributed by atoms with E-state index >= 15 is 0 Å². The summed E-state index contributed by atoms with van der Waals surface area (Å²) in [6.45, 7) is 1.50. The van der Waals surface area contributed by atoms with E-state index in [4.69, 9.17) is 0 Å². The zero-order valence-electron chi connectivity index (χ0n) is 12.0. The molecule has 2 aliphatic carbocycles. The van der Waals surface area contributed by atoms with Crippen molar-refractivity contribution in [3.8, 4) is 0 Å². The summed E-state index contributed by atoms with van der Waals surface area (Å²) < 4.78 is 37.0. The van der Waals surface area contributed by atoms with Crippen molar-refractivity contribution < 1.29 is 13.2 Å². The highest BCUT2D eigenvalue weighted by molar-refractivity contribution is 4.91. The Bertz CT molecular complexity index is 324. The van der Waals surface area contributed by atoms with E-state index in [-0.39, 0.29) is 0 Å². The van der Waals surface area contributed by atoms with Crippen LogP contribution in [0.25, 0.3) is 0 Å². The lowest BCUT2D eigenvalue weighted by atomic mass is 9.88. The first-order chi connectivity index (χ1) is 9.49. The number of rotatable bonds is 4. The van der Waals surface area contributed by atoms with Crippen LogP contribution < -0.4 is 5.32 Å². The van der Waals surface area contributed by atoms with Gasteiger partial charge in [-0.15, -0.1) is 0 Å². The molecule has 1 saturated heterocycles. The number of nitrogens with zero attached hydrogens (tertiary/aromatic N) is 1. The maximum absolute atomic E-state index is 12.3. The summed E-state index contributed by atoms with van der Waals surface area (Å²) in [6, 6.07) is 0.429. The van der Waals surface area contributed by atoms with Crippen LogP contribution in [0.3, 0.4) is 0 Å². The van der Waals surface area contributed by atoms with E-state index in [1.54, 1.807) is 0 Å². The number of piperidine rings is 1. The molecule has 2 nitrogen and oxygen atoms in total. The third-order valence-corrected chi connectivity index (χ3v) is 5.54. The molecule has 0 radical (unpaired) electrons. The maximum Gasteiger partial charge on any atom is 0.401 e. The van der Waals surface area contributed by atoms with Gasteiger partial charge in [0.1, 0.15) is 0 Å². The lowest BCUT2D eigenvalue weighted by molar-refractivity contribution is -0.148. The fourth-order valence-corrected chi connectivity index (χ4v) is 4.49. The molecule has 3 fully saturated rings. The summed E-state index contributed by atoms with van der Waals surface area (Å²) in [4.78, 5) is 1.54. The first-order valence-corrected chi connectivity index (χ1v) is 8.02. The molecule has 1 N–H and O–H groups in total. The second-order valence-corrected chi connectivity index (χ2v) is 7.01. The van der Waals surface area contributed by atoms with Crippen LogP contribution in [0, 0.1) is 17.8 Å². The van der Waals surface area contributed by atoms with Gasteiger partial charge in [-0.05, 0) is 69.5 Å². The first kappa shape index (κ1) is 14.6. The zero-order valence-corrected chi connectivity index (χ0v) is 12.0. The average Bonchev–Trinajstić information content (AvgIpc) is 2.98. The van der Waals surface area contributed by atoms with E-state index in [1.165, 1.54) is 30.6 Å². The second-order valence-electron chi connectivity index (χ2n) is 7.01. The summed E-state index contributed by atoms with van der Waals surface area (Å²) in [6.07, 6.45) is 3.30. The molecule has 3 unspecified atom stereocenters. The highest BCUT2D eigenvalue weighted by atomic mass is 19.4. The summed E-state index contributed by atoms with van der Waals surface area (Å²) in [7, 11) is 0. The molecule has 0 aromatic carbocycles. The molecule has 1 heterocycles. The highest BCUT2D eigenvalue weighted by Crippen LogP contribution is 2.48. The Labute approximate surface area is 119 Å². The molecule has 1 aliphatic heterocycles. The number of fused-ring (bicyclic) bond motifs is 2. The van der Waals surface area contributed by atoms with Gasteiger partial charge in [0.15, 0.2) is 0 Å². The molecule has 0 spiro atoms. The minimum Gasteiger partial charge on any atom is -0.314 e. The van der Waals surface area contributed by atoms with Gasteiger partial charge in [0, 0.05) is 6.04 Å². The Balaban J connectivity index is 1.35. The van der Waals surface area contributed by atoms with Gasteiger partial charge in [0.25, 0.3) is 0 Å². The van der Waals surface area contributed by atoms with Crippen LogP contribution in [0.15, 0.2) is 0 Å². The molecule has 3 aliphatic rings. The summed E-state index contributed by atoms with van der Waals surface area (Å²) in [5.74, 6) is 2.74. The Morgan fingerprint density at radius 3 is 2.30 bits per heavy atom. The standard InChI is InChI=1S/C15H25F3N2/c16-15(17,18)10-20-5-3-14(4-6-20)19-9-13-8-11-1-2-12(13)7-11/h11-14,19H,1-10H2. The molecule has 2 bridgehead atoms. The molecular weight excluding hydrogens is 265 g/mol. The van der Waals surface area contributed by atoms with Crippen molar-refractivity contribution in [3.05, 3.63) is 0 Å². The van der Waals surface area contributed by atoms with Crippen molar-refractivity contribution in [1.82, 2.24) is 10.2 Å². The van der Waals surface area contributed by atoms with Crippen molar-refractivity contribution in [3.63, 3.8) is 0 Å². The van der Waals surface area contributed by atoms with E-state index in [0.29, 0.717) is 19.1 Å². The predicted octanol–water partition coefficient (Wildman–Crippen LogP) is 3.04. The van der Waals surface area contributed by atoms with Gasteiger partial charge in [-0.2, -0.15) is 13.2 Å². The zero-order chi connectivity index (χ0) is 14.2. The minimum absolute atomic E-state index is 0.429. The quantitative estimate of drug-likeness (QED) is 0.856. The third-order valence-electron chi connectivity index (χ3n) is 5.54. The van der Waals surface area contributed by atoms with Gasteiger partial charge in [0.05, 0.1) is 6.54 Å². The molecule has 0 amide bonds. The Kier molecular flexibility index (Phi) is 4.27. The topological polar surface area (TPSA) is 15.3 Å². The number of hydrogen-bond acceptors (Lipinski definition) is 2. The largest absolute Gasteiger partial charge is 0.401 e. The highest BCUT2D eigenvalue weighted by Gasteiger charge is 2.39. The Morgan fingerprint density at radius 2 is 1.75 bits per heavy atom. The molecule has 20 heavy (non-hydrogen) atoms. The molecule has 2 saturated carbocycles. The first-order valence-electron chi connectivity index (χ1n) is 8.02. The summed E-state index contributed by atoms with van der Waals surface area (Å²) >= 11 is 0. The summed E-state index contributed by atoms with van der Waals surface area (Å²) in [5, 5.41) is 3.62. The lowest BCUT2D eigenvalue weighted by Gasteiger charge is -2.34. The van der Waals surface area contributed by atoms with Crippen LogP contribution in [-0.4, -0.2) is 43.3 Å². The third kappa shape index (κ3) is 3.67. The van der Waals surface area contributed by atoms with E-state index in [2.05, 4.69) is 5.32 Å². The van der Waals surface area contributed by atoms with Crippen molar-refractivity contribution in [2.45, 2.75) is 50.7 Å². The smallest absolute Gasteiger partial charge is 0.314 e. The predicted molar refractivity (Wildman–Crippen MR) is 72.5 cm³/mol. The molecule has 5 heteroatoms. The lowest BCUT2D eigenvalue weighted by Crippen LogP contribution is -2.46. The second kappa shape index (κ2) is 5.84. The van der Waals surface area contributed by atoms with Crippen LogP contribution in [0.4, 0.5) is 13.2 Å². The van der Waals surface area contributed by atoms with Crippen LogP contribution in [0.1, 0.15) is 38.5 Å². The van der Waals surface area contributed by atoms with Crippen molar-refractivity contribution in [1.29, 1.82) is 0 Å². The molecule has 0 aromatic heterocycles. The van der Waals surface area contributed by atoms with Crippen LogP contribution >= 0.6 is 0 Å². The molecule has 116 valence electrons. The number of alkyl halides is 3. The van der Waals surface area contributed by atoms with E-state index in [1.807, 2.05) is 0 Å². The molecule has 0 aromatic rings. The molecular formula is C15H25F3N2. The van der Waals surface area contributed by atoms with Gasteiger partial charge < -0.3 is 5.32 Å². The number of likely N-dealkylation sites (tertiary alicyclic amines) is 1. The van der Waals surface area contributed by atoms with E-state index < -0.39 is 12.7 Å². The Morgan fingerprint density at radius 1 is 1.00 bits per heavy atom. The number of nitrogens with one attached hydrogen (secondary N) is 1. The van der Waals surface area contributed by atoms with Crippen molar-refractivity contribution >= 4 is 0 Å². The SMILES string of the molecule is FC(F)(F)CN1CCC(NCC2CC3CCC2C3)CC1. The monoisotopic (exact) mass is 290 g/mol. The van der Waals surface area contributed by atoms with Gasteiger partial charge in [0.2, 0.25) is 0 Å². The van der Waals surface area contributed by atoms with Crippen molar-refractivity contribution in [2.24, 2.45) is 17.8 Å². The minimum atomic E-state index is -4.05. The number of hydrogen-bond donors (Lipinski definition) is 1. The van der Waals surface area contributed by atoms with Crippen molar-refractivity contribution in [2.75, 3.05) is 26.2 Å². The van der Waals surface area contributed by atoms with Gasteiger partial charge in [-0.3, -0.25) is 4.90 Å². The fraction of sp³-hybridized carbons (Fsp3) is 1.00. The van der Waals surface area contributed by atoms with Gasteiger partial charge >= 0.3 is 6.18 Å². The van der Waals surface area contributed by atoms with Crippen LogP contribution in [0.2, 0.25) is 0 Å². The maximum atomic E-state index is 12.3. The summed E-state index contributed by atoms with van der Waals surface area (Å²) in [5.41, 5.74) is 0. The fourth-order valence-electron chi connectivity index (χ4n) is 4.49. The Hall–Kier alpha value is -0.290. The molecule has 3 rings (SSSR count). The van der Waals surface area contributed by atoms with Gasteiger partial charge in [-0.1, -0.05) is 6.42 Å². The average molecular weight is 290 g/mol. The number of halogens is 3. The van der Waals surface area contributed by atoms with Crippen LogP contribution in [0.5, 0.6) is 0 Å². The van der Waals surface area contributed by atoms with E-state index in [0.717, 1.165) is 37.1 Å². The van der Waals surface area contributed by atoms with Crippen LogP contribution in [-0.2, 0) is 0 Å². The molecule has 3 atom stereocenters. The van der Waals surface area contributed by atoms with Gasteiger partial charge in [-0.25, -0.2) is 0 Å². The van der Waals surface area contributed by atoms with E-state index in [9.17, 15) is 13.2 Å².